The highest BCUT2D eigenvalue weighted by Gasteiger charge is 2.12. The highest BCUT2D eigenvalue weighted by Crippen LogP contribution is 2.20. The molecule has 0 bridgehead atoms. The van der Waals surface area contributed by atoms with Crippen molar-refractivity contribution >= 4 is 0 Å². The Morgan fingerprint density at radius 3 is 2.76 bits per heavy atom. The van der Waals surface area contributed by atoms with E-state index in [0.29, 0.717) is 6.10 Å². The number of ether oxygens (including phenoxy) is 2. The number of hydrogen-bond acceptors (Lipinski definition) is 3. The van der Waals surface area contributed by atoms with Crippen molar-refractivity contribution in [2.24, 2.45) is 0 Å². The third kappa shape index (κ3) is 6.49. The molecule has 0 radical (unpaired) electrons. The van der Waals surface area contributed by atoms with E-state index in [2.05, 4.69) is 17.4 Å². The molecule has 0 spiro atoms. The molecule has 0 aromatic heterocycles. The van der Waals surface area contributed by atoms with Crippen LogP contribution in [0.1, 0.15) is 51.5 Å². The van der Waals surface area contributed by atoms with Gasteiger partial charge in [-0.15, -0.1) is 0 Å². The van der Waals surface area contributed by atoms with E-state index in [1.165, 1.54) is 37.7 Å². The maximum absolute atomic E-state index is 5.91. The average Bonchev–Trinajstić information content (AvgIpc) is 2.48. The van der Waals surface area contributed by atoms with Gasteiger partial charge in [-0.2, -0.15) is 0 Å². The first-order valence-electron chi connectivity index (χ1n) is 8.32. The van der Waals surface area contributed by atoms with Gasteiger partial charge in [-0.05, 0) is 44.4 Å². The maximum Gasteiger partial charge on any atom is 0.120 e. The largest absolute Gasteiger partial charge is 0.491 e. The summed E-state index contributed by atoms with van der Waals surface area (Å²) in [6.07, 6.45) is 7.26. The van der Waals surface area contributed by atoms with Gasteiger partial charge in [-0.1, -0.05) is 31.4 Å². The predicted octanol–water partition coefficient (Wildman–Crippen LogP) is 3.91. The van der Waals surface area contributed by atoms with Gasteiger partial charge in [0.15, 0.2) is 0 Å². The molecule has 0 unspecified atom stereocenters. The molecule has 0 atom stereocenters. The van der Waals surface area contributed by atoms with E-state index < -0.39 is 0 Å². The molecule has 118 valence electrons. The fourth-order valence-electron chi connectivity index (χ4n) is 2.76. The average molecular weight is 291 g/mol. The monoisotopic (exact) mass is 291 g/mol. The fraction of sp³-hybridized carbons (Fsp3) is 0.667. The molecule has 0 aliphatic heterocycles. The van der Waals surface area contributed by atoms with Gasteiger partial charge in [-0.3, -0.25) is 0 Å². The smallest absolute Gasteiger partial charge is 0.120 e. The second kappa shape index (κ2) is 9.06. The third-order valence-corrected chi connectivity index (χ3v) is 3.78. The van der Waals surface area contributed by atoms with E-state index in [9.17, 15) is 0 Å². The van der Waals surface area contributed by atoms with Gasteiger partial charge >= 0.3 is 0 Å². The van der Waals surface area contributed by atoms with Crippen molar-refractivity contribution in [3.8, 4) is 5.75 Å². The van der Waals surface area contributed by atoms with Crippen molar-refractivity contribution in [3.63, 3.8) is 0 Å². The summed E-state index contributed by atoms with van der Waals surface area (Å²) in [7, 11) is 0. The predicted molar refractivity (Wildman–Crippen MR) is 86.7 cm³/mol. The summed E-state index contributed by atoms with van der Waals surface area (Å²) in [5.41, 5.74) is 1.26. The summed E-state index contributed by atoms with van der Waals surface area (Å²) < 4.78 is 11.6. The molecule has 21 heavy (non-hydrogen) atoms. The van der Waals surface area contributed by atoms with Crippen LogP contribution in [0, 0.1) is 0 Å². The van der Waals surface area contributed by atoms with Crippen molar-refractivity contribution in [1.29, 1.82) is 0 Å². The first-order chi connectivity index (χ1) is 10.2. The molecule has 0 amide bonds. The molecule has 0 saturated heterocycles. The summed E-state index contributed by atoms with van der Waals surface area (Å²) in [6.45, 7) is 6.68. The standard InChI is InChI=1S/C18H29NO2/c1-15(2)21-18-10-6-7-16(13-18)14-19-11-12-20-17-8-4-3-5-9-17/h6-7,10,13,15,17,19H,3-5,8-9,11-12,14H2,1-2H3. The summed E-state index contributed by atoms with van der Waals surface area (Å²) in [5, 5.41) is 3.44. The molecule has 2 rings (SSSR count). The van der Waals surface area contributed by atoms with Crippen LogP contribution in [-0.4, -0.2) is 25.4 Å². The summed E-state index contributed by atoms with van der Waals surface area (Å²) in [6, 6.07) is 8.29. The lowest BCUT2D eigenvalue weighted by molar-refractivity contribution is 0.0302. The molecule has 3 heteroatoms. The number of rotatable bonds is 8. The summed E-state index contributed by atoms with van der Waals surface area (Å²) >= 11 is 0. The van der Waals surface area contributed by atoms with Crippen LogP contribution in [0.3, 0.4) is 0 Å². The minimum absolute atomic E-state index is 0.220. The quantitative estimate of drug-likeness (QED) is 0.737. The zero-order valence-electron chi connectivity index (χ0n) is 13.4. The van der Waals surface area contributed by atoms with Crippen molar-refractivity contribution in [1.82, 2.24) is 5.32 Å². The molecule has 1 fully saturated rings. The first kappa shape index (κ1) is 16.3. The van der Waals surface area contributed by atoms with E-state index >= 15 is 0 Å². The Morgan fingerprint density at radius 2 is 2.00 bits per heavy atom. The van der Waals surface area contributed by atoms with Gasteiger partial charge in [0.25, 0.3) is 0 Å². The van der Waals surface area contributed by atoms with Crippen molar-refractivity contribution < 1.29 is 9.47 Å². The number of benzene rings is 1. The lowest BCUT2D eigenvalue weighted by atomic mass is 9.98. The second-order valence-electron chi connectivity index (χ2n) is 6.12. The van der Waals surface area contributed by atoms with Crippen LogP contribution in [0.15, 0.2) is 24.3 Å². The lowest BCUT2D eigenvalue weighted by Crippen LogP contribution is -2.24. The van der Waals surface area contributed by atoms with Crippen LogP contribution in [0.5, 0.6) is 5.75 Å². The van der Waals surface area contributed by atoms with Crippen LogP contribution in [-0.2, 0) is 11.3 Å². The zero-order valence-corrected chi connectivity index (χ0v) is 13.4. The third-order valence-electron chi connectivity index (χ3n) is 3.78. The fourth-order valence-corrected chi connectivity index (χ4v) is 2.76. The van der Waals surface area contributed by atoms with Gasteiger partial charge in [0.05, 0.1) is 18.8 Å². The van der Waals surface area contributed by atoms with Crippen LogP contribution in [0.2, 0.25) is 0 Å². The minimum atomic E-state index is 0.220. The number of hydrogen-bond donors (Lipinski definition) is 1. The van der Waals surface area contributed by atoms with Gasteiger partial charge < -0.3 is 14.8 Å². The molecule has 0 heterocycles. The Morgan fingerprint density at radius 1 is 1.19 bits per heavy atom. The molecular weight excluding hydrogens is 262 g/mol. The Hall–Kier alpha value is -1.06. The highest BCUT2D eigenvalue weighted by molar-refractivity contribution is 5.28. The van der Waals surface area contributed by atoms with Gasteiger partial charge in [-0.25, -0.2) is 0 Å². The van der Waals surface area contributed by atoms with Gasteiger partial charge in [0, 0.05) is 13.1 Å². The second-order valence-corrected chi connectivity index (χ2v) is 6.12. The van der Waals surface area contributed by atoms with Crippen LogP contribution in [0.25, 0.3) is 0 Å². The Balaban J connectivity index is 1.61. The molecule has 1 aromatic rings. The minimum Gasteiger partial charge on any atom is -0.491 e. The SMILES string of the molecule is CC(C)Oc1cccc(CNCCOC2CCCCC2)c1. The van der Waals surface area contributed by atoms with E-state index in [1.807, 2.05) is 26.0 Å². The molecule has 1 aliphatic rings. The molecule has 1 saturated carbocycles. The molecule has 3 nitrogen and oxygen atoms in total. The Labute approximate surface area is 129 Å². The number of nitrogens with one attached hydrogen (secondary N) is 1. The lowest BCUT2D eigenvalue weighted by Gasteiger charge is -2.22. The molecular formula is C18H29NO2. The van der Waals surface area contributed by atoms with E-state index in [0.717, 1.165) is 25.4 Å². The van der Waals surface area contributed by atoms with Gasteiger partial charge in [0.1, 0.15) is 5.75 Å². The summed E-state index contributed by atoms with van der Waals surface area (Å²) in [5.74, 6) is 0.947. The summed E-state index contributed by atoms with van der Waals surface area (Å²) in [4.78, 5) is 0. The molecule has 1 aromatic carbocycles. The molecule has 1 aliphatic carbocycles. The Bertz CT molecular complexity index is 400. The topological polar surface area (TPSA) is 30.5 Å². The van der Waals surface area contributed by atoms with Crippen molar-refractivity contribution in [2.75, 3.05) is 13.2 Å². The van der Waals surface area contributed by atoms with Gasteiger partial charge in [0.2, 0.25) is 0 Å². The van der Waals surface area contributed by atoms with Crippen LogP contribution < -0.4 is 10.1 Å². The molecule has 1 N–H and O–H groups in total. The van der Waals surface area contributed by atoms with E-state index in [4.69, 9.17) is 9.47 Å². The van der Waals surface area contributed by atoms with Crippen molar-refractivity contribution in [3.05, 3.63) is 29.8 Å². The highest BCUT2D eigenvalue weighted by atomic mass is 16.5. The first-order valence-corrected chi connectivity index (χ1v) is 8.32. The Kier molecular flexibility index (Phi) is 7.04. The normalized spacial score (nSPS) is 16.3. The van der Waals surface area contributed by atoms with E-state index in [1.54, 1.807) is 0 Å². The van der Waals surface area contributed by atoms with Crippen LogP contribution >= 0.6 is 0 Å². The van der Waals surface area contributed by atoms with Crippen molar-refractivity contribution in [2.45, 2.75) is 64.7 Å². The van der Waals surface area contributed by atoms with Crippen LogP contribution in [0.4, 0.5) is 0 Å². The maximum atomic E-state index is 5.91. The zero-order chi connectivity index (χ0) is 14.9. The van der Waals surface area contributed by atoms with E-state index in [-0.39, 0.29) is 6.10 Å².